The number of carboxylic acids is 1. The molecular formula is C12H11BrO3. The normalized spacial score (nSPS) is 11.2. The molecule has 84 valence electrons. The molecule has 1 N–H and O–H groups in total. The number of benzene rings is 1. The first-order valence-electron chi connectivity index (χ1n) is 4.78. The summed E-state index contributed by atoms with van der Waals surface area (Å²) in [6.45, 7) is 1.76. The van der Waals surface area contributed by atoms with E-state index in [-0.39, 0.29) is 0 Å². The fourth-order valence-electron chi connectivity index (χ4n) is 1.23. The highest BCUT2D eigenvalue weighted by Crippen LogP contribution is 2.15. The van der Waals surface area contributed by atoms with Crippen LogP contribution in [0.4, 0.5) is 0 Å². The van der Waals surface area contributed by atoms with Crippen molar-refractivity contribution in [2.45, 2.75) is 13.3 Å². The monoisotopic (exact) mass is 282 g/mol. The fourth-order valence-corrected chi connectivity index (χ4v) is 1.49. The van der Waals surface area contributed by atoms with Crippen LogP contribution in [0.2, 0.25) is 0 Å². The second-order valence-corrected chi connectivity index (χ2v) is 4.12. The Bertz CT molecular complexity index is 432. The van der Waals surface area contributed by atoms with Crippen LogP contribution in [-0.2, 0) is 9.59 Å². The highest BCUT2D eigenvalue weighted by Gasteiger charge is 2.15. The second-order valence-electron chi connectivity index (χ2n) is 3.21. The number of aliphatic carboxylic acids is 1. The molecule has 0 aliphatic carbocycles. The number of carbonyl (C=O) groups is 2. The summed E-state index contributed by atoms with van der Waals surface area (Å²) in [7, 11) is 0. The first-order chi connectivity index (χ1) is 7.54. The minimum Gasteiger partial charge on any atom is -0.475 e. The predicted octanol–water partition coefficient (Wildman–Crippen LogP) is 2.90. The van der Waals surface area contributed by atoms with Gasteiger partial charge >= 0.3 is 5.97 Å². The quantitative estimate of drug-likeness (QED) is 0.682. The van der Waals surface area contributed by atoms with Crippen LogP contribution < -0.4 is 0 Å². The number of carbonyl (C=O) groups excluding carboxylic acids is 1. The molecule has 0 fully saturated rings. The maximum absolute atomic E-state index is 11.3. The lowest BCUT2D eigenvalue weighted by Crippen LogP contribution is -2.14. The average molecular weight is 283 g/mol. The van der Waals surface area contributed by atoms with Gasteiger partial charge in [0.25, 0.3) is 5.78 Å². The Morgan fingerprint density at radius 3 is 2.31 bits per heavy atom. The van der Waals surface area contributed by atoms with Gasteiger partial charge < -0.3 is 5.11 Å². The summed E-state index contributed by atoms with van der Waals surface area (Å²) in [6, 6.07) is 7.30. The Balaban J connectivity index is 3.00. The van der Waals surface area contributed by atoms with Crippen LogP contribution in [0.15, 0.2) is 34.3 Å². The fraction of sp³-hybridized carbons (Fsp3) is 0.167. The summed E-state index contributed by atoms with van der Waals surface area (Å²) in [4.78, 5) is 21.8. The zero-order chi connectivity index (χ0) is 12.1. The maximum Gasteiger partial charge on any atom is 0.376 e. The molecule has 3 nitrogen and oxygen atoms in total. The molecule has 0 unspecified atom stereocenters. The summed E-state index contributed by atoms with van der Waals surface area (Å²) in [5.41, 5.74) is 1.12. The van der Waals surface area contributed by atoms with Crippen molar-refractivity contribution in [1.82, 2.24) is 0 Å². The highest BCUT2D eigenvalue weighted by molar-refractivity contribution is 9.10. The van der Waals surface area contributed by atoms with E-state index in [9.17, 15) is 9.59 Å². The van der Waals surface area contributed by atoms with Gasteiger partial charge in [-0.2, -0.15) is 0 Å². The van der Waals surface area contributed by atoms with Crippen molar-refractivity contribution in [3.63, 3.8) is 0 Å². The van der Waals surface area contributed by atoms with Gasteiger partial charge in [0.05, 0.1) is 0 Å². The van der Waals surface area contributed by atoms with Crippen LogP contribution >= 0.6 is 15.9 Å². The van der Waals surface area contributed by atoms with Crippen molar-refractivity contribution in [1.29, 1.82) is 0 Å². The molecule has 4 heteroatoms. The molecule has 0 spiro atoms. The SMILES string of the molecule is CC/C(=C/c1ccc(Br)cc1)C(=O)C(=O)O. The molecule has 0 saturated heterocycles. The first-order valence-corrected chi connectivity index (χ1v) is 5.57. The number of halogens is 1. The van der Waals surface area contributed by atoms with Gasteiger partial charge in [0.1, 0.15) is 0 Å². The van der Waals surface area contributed by atoms with E-state index in [1.165, 1.54) is 0 Å². The van der Waals surface area contributed by atoms with E-state index in [0.717, 1.165) is 10.0 Å². The summed E-state index contributed by atoms with van der Waals surface area (Å²) < 4.78 is 0.937. The number of rotatable bonds is 4. The molecule has 0 bridgehead atoms. The van der Waals surface area contributed by atoms with Crippen LogP contribution in [0.25, 0.3) is 6.08 Å². The molecule has 0 saturated carbocycles. The highest BCUT2D eigenvalue weighted by atomic mass is 79.9. The van der Waals surface area contributed by atoms with E-state index in [4.69, 9.17) is 5.11 Å². The van der Waals surface area contributed by atoms with Gasteiger partial charge in [-0.1, -0.05) is 35.0 Å². The molecule has 1 rings (SSSR count). The molecule has 1 aromatic carbocycles. The summed E-state index contributed by atoms with van der Waals surface area (Å²) >= 11 is 3.30. The number of hydrogen-bond acceptors (Lipinski definition) is 2. The predicted molar refractivity (Wildman–Crippen MR) is 65.1 cm³/mol. The van der Waals surface area contributed by atoms with E-state index >= 15 is 0 Å². The Morgan fingerprint density at radius 1 is 1.31 bits per heavy atom. The van der Waals surface area contributed by atoms with Crippen LogP contribution in [0.3, 0.4) is 0 Å². The van der Waals surface area contributed by atoms with Crippen molar-refractivity contribution < 1.29 is 14.7 Å². The lowest BCUT2D eigenvalue weighted by Gasteiger charge is -2.00. The Morgan fingerprint density at radius 2 is 1.88 bits per heavy atom. The van der Waals surface area contributed by atoms with Gasteiger partial charge in [-0.15, -0.1) is 0 Å². The van der Waals surface area contributed by atoms with Gasteiger partial charge in [-0.05, 0) is 30.2 Å². The van der Waals surface area contributed by atoms with Gasteiger partial charge in [0.2, 0.25) is 0 Å². The molecule has 0 atom stereocenters. The van der Waals surface area contributed by atoms with Crippen molar-refractivity contribution in [3.8, 4) is 0 Å². The Kier molecular flexibility index (Phi) is 4.43. The molecule has 1 aromatic rings. The van der Waals surface area contributed by atoms with Gasteiger partial charge in [-0.25, -0.2) is 4.79 Å². The van der Waals surface area contributed by atoms with Crippen molar-refractivity contribution >= 4 is 33.8 Å². The van der Waals surface area contributed by atoms with Gasteiger partial charge in [0.15, 0.2) is 0 Å². The largest absolute Gasteiger partial charge is 0.475 e. The summed E-state index contributed by atoms with van der Waals surface area (Å²) in [6.07, 6.45) is 2.00. The lowest BCUT2D eigenvalue weighted by molar-refractivity contribution is -0.147. The van der Waals surface area contributed by atoms with E-state index in [1.807, 2.05) is 24.3 Å². The van der Waals surface area contributed by atoms with Crippen molar-refractivity contribution in [3.05, 3.63) is 39.9 Å². The molecule has 0 aliphatic heterocycles. The van der Waals surface area contributed by atoms with E-state index in [0.29, 0.717) is 12.0 Å². The zero-order valence-corrected chi connectivity index (χ0v) is 10.3. The topological polar surface area (TPSA) is 54.4 Å². The Hall–Kier alpha value is -1.42. The number of hydrogen-bond donors (Lipinski definition) is 1. The molecule has 0 aromatic heterocycles. The van der Waals surface area contributed by atoms with Gasteiger partial charge in [0, 0.05) is 10.0 Å². The molecular weight excluding hydrogens is 272 g/mol. The van der Waals surface area contributed by atoms with E-state index in [2.05, 4.69) is 15.9 Å². The maximum atomic E-state index is 11.3. The minimum absolute atomic E-state index is 0.301. The van der Waals surface area contributed by atoms with Crippen LogP contribution in [0.1, 0.15) is 18.9 Å². The zero-order valence-electron chi connectivity index (χ0n) is 8.74. The molecule has 16 heavy (non-hydrogen) atoms. The van der Waals surface area contributed by atoms with E-state index < -0.39 is 11.8 Å². The molecule has 0 radical (unpaired) electrons. The average Bonchev–Trinajstić information content (AvgIpc) is 2.27. The number of carboxylic acid groups (broad SMARTS) is 1. The summed E-state index contributed by atoms with van der Waals surface area (Å²) in [5, 5.41) is 8.61. The van der Waals surface area contributed by atoms with Crippen molar-refractivity contribution in [2.24, 2.45) is 0 Å². The number of Topliss-reactive ketones (excluding diaryl/α,β-unsaturated/α-hetero) is 1. The minimum atomic E-state index is -1.41. The standard InChI is InChI=1S/C12H11BrO3/c1-2-9(11(14)12(15)16)7-8-3-5-10(13)6-4-8/h3-7H,2H2,1H3,(H,15,16)/b9-7-. The molecule has 0 heterocycles. The van der Waals surface area contributed by atoms with Crippen molar-refractivity contribution in [2.75, 3.05) is 0 Å². The molecule has 0 amide bonds. The second kappa shape index (κ2) is 5.61. The lowest BCUT2D eigenvalue weighted by atomic mass is 10.0. The third kappa shape index (κ3) is 3.31. The Labute approximate surface area is 102 Å². The summed E-state index contributed by atoms with van der Waals surface area (Å²) in [5.74, 6) is -2.25. The first kappa shape index (κ1) is 12.6. The smallest absolute Gasteiger partial charge is 0.376 e. The van der Waals surface area contributed by atoms with Crippen LogP contribution in [-0.4, -0.2) is 16.9 Å². The third-order valence-corrected chi connectivity index (χ3v) is 2.61. The number of ketones is 1. The molecule has 0 aliphatic rings. The van der Waals surface area contributed by atoms with Crippen LogP contribution in [0, 0.1) is 0 Å². The van der Waals surface area contributed by atoms with Gasteiger partial charge in [-0.3, -0.25) is 4.79 Å². The third-order valence-electron chi connectivity index (χ3n) is 2.08. The van der Waals surface area contributed by atoms with Crippen LogP contribution in [0.5, 0.6) is 0 Å². The van der Waals surface area contributed by atoms with E-state index in [1.54, 1.807) is 13.0 Å².